The van der Waals surface area contributed by atoms with Gasteiger partial charge in [-0.05, 0) is 30.3 Å². The lowest BCUT2D eigenvalue weighted by Crippen LogP contribution is -2.32. The number of aromatic amines is 2. The molecule has 0 amide bonds. The fourth-order valence-electron chi connectivity index (χ4n) is 3.22. The molecule has 4 rings (SSSR count). The van der Waals surface area contributed by atoms with Gasteiger partial charge in [0.05, 0.1) is 33.1 Å². The molecule has 10 heteroatoms. The zero-order valence-electron chi connectivity index (χ0n) is 16.3. The molecule has 2 aromatic carbocycles. The minimum atomic E-state index is -0.683. The van der Waals surface area contributed by atoms with Crippen molar-refractivity contribution < 1.29 is 14.2 Å². The van der Waals surface area contributed by atoms with E-state index in [9.17, 15) is 9.59 Å². The van der Waals surface area contributed by atoms with Crippen molar-refractivity contribution in [2.24, 2.45) is 5.10 Å². The van der Waals surface area contributed by atoms with Crippen LogP contribution in [-0.2, 0) is 0 Å². The summed E-state index contributed by atoms with van der Waals surface area (Å²) in [5, 5.41) is 5.20. The van der Waals surface area contributed by atoms with Crippen LogP contribution in [0.3, 0.4) is 0 Å². The molecule has 0 fully saturated rings. The van der Waals surface area contributed by atoms with E-state index in [2.05, 4.69) is 15.1 Å². The quantitative estimate of drug-likeness (QED) is 0.475. The van der Waals surface area contributed by atoms with Crippen LogP contribution in [0.25, 0.3) is 21.9 Å². The highest BCUT2D eigenvalue weighted by atomic mass is 35.5. The highest BCUT2D eigenvalue weighted by Gasteiger charge is 2.14. The van der Waals surface area contributed by atoms with Gasteiger partial charge in [0.25, 0.3) is 0 Å². The maximum atomic E-state index is 12.9. The van der Waals surface area contributed by atoms with E-state index in [0.29, 0.717) is 44.3 Å². The van der Waals surface area contributed by atoms with E-state index >= 15 is 0 Å². The summed E-state index contributed by atoms with van der Waals surface area (Å²) < 4.78 is 16.6. The Balaban J connectivity index is 1.85. The molecule has 30 heavy (non-hydrogen) atoms. The Hall–Kier alpha value is -3.72. The number of hydrogen-bond donors (Lipinski definition) is 2. The molecule has 0 aliphatic heterocycles. The summed E-state index contributed by atoms with van der Waals surface area (Å²) in [5.41, 5.74) is 0.533. The number of methoxy groups -OCH3 is 3. The summed E-state index contributed by atoms with van der Waals surface area (Å²) in [6.45, 7) is 0. The van der Waals surface area contributed by atoms with E-state index in [1.807, 2.05) is 0 Å². The Morgan fingerprint density at radius 2 is 1.67 bits per heavy atom. The van der Waals surface area contributed by atoms with Crippen molar-refractivity contribution in [2.45, 2.75) is 0 Å². The number of ether oxygens (including phenoxy) is 3. The molecule has 4 aromatic rings. The predicted octanol–water partition coefficient (Wildman–Crippen LogP) is 2.73. The molecule has 0 aliphatic rings. The number of aromatic nitrogens is 3. The first kappa shape index (κ1) is 19.6. The lowest BCUT2D eigenvalue weighted by Gasteiger charge is -2.12. The molecular formula is C20H17ClN4O5. The predicted molar refractivity (Wildman–Crippen MR) is 115 cm³/mol. The number of rotatable bonds is 5. The lowest BCUT2D eigenvalue weighted by atomic mass is 10.2. The fourth-order valence-corrected chi connectivity index (χ4v) is 3.39. The molecule has 0 atom stereocenters. The van der Waals surface area contributed by atoms with E-state index in [0.717, 1.165) is 4.68 Å². The standard InChI is InChI=1S/C20H17ClN4O5/c1-28-14-6-10(7-15(29-2)18(14)30-3)9-22-25-19(26)17-16(24-20(25)27)12-8-11(21)4-5-13(12)23-17/h4-9,23H,1-3H3,(H,24,27). The van der Waals surface area contributed by atoms with Gasteiger partial charge in [-0.1, -0.05) is 11.6 Å². The third-order valence-corrected chi connectivity index (χ3v) is 4.84. The zero-order valence-corrected chi connectivity index (χ0v) is 17.0. The minimum Gasteiger partial charge on any atom is -0.493 e. The first-order chi connectivity index (χ1) is 14.5. The van der Waals surface area contributed by atoms with E-state index < -0.39 is 11.2 Å². The second-order valence-electron chi connectivity index (χ2n) is 6.32. The van der Waals surface area contributed by atoms with E-state index in [1.54, 1.807) is 30.3 Å². The molecule has 0 bridgehead atoms. The number of nitrogens with zero attached hydrogens (tertiary/aromatic N) is 2. The van der Waals surface area contributed by atoms with Gasteiger partial charge in [0, 0.05) is 21.5 Å². The Bertz CT molecular complexity index is 1390. The summed E-state index contributed by atoms with van der Waals surface area (Å²) in [6.07, 6.45) is 1.35. The van der Waals surface area contributed by atoms with E-state index in [-0.39, 0.29) is 5.52 Å². The van der Waals surface area contributed by atoms with Crippen LogP contribution in [0.5, 0.6) is 17.2 Å². The summed E-state index contributed by atoms with van der Waals surface area (Å²) in [4.78, 5) is 31.1. The smallest absolute Gasteiger partial charge is 0.350 e. The Morgan fingerprint density at radius 1 is 0.967 bits per heavy atom. The zero-order chi connectivity index (χ0) is 21.4. The first-order valence-corrected chi connectivity index (χ1v) is 9.15. The van der Waals surface area contributed by atoms with Crippen LogP contribution < -0.4 is 25.5 Å². The second-order valence-corrected chi connectivity index (χ2v) is 6.75. The summed E-state index contributed by atoms with van der Waals surface area (Å²) in [6, 6.07) is 8.40. The Labute approximate surface area is 174 Å². The van der Waals surface area contributed by atoms with Crippen molar-refractivity contribution in [3.8, 4) is 17.2 Å². The normalized spacial score (nSPS) is 11.5. The van der Waals surface area contributed by atoms with Crippen LogP contribution in [0, 0.1) is 0 Å². The number of halogens is 1. The molecule has 0 aliphatic carbocycles. The van der Waals surface area contributed by atoms with Gasteiger partial charge in [0.1, 0.15) is 5.52 Å². The fraction of sp³-hybridized carbons (Fsp3) is 0.150. The van der Waals surface area contributed by atoms with Crippen molar-refractivity contribution in [3.05, 3.63) is 61.8 Å². The van der Waals surface area contributed by atoms with Crippen molar-refractivity contribution >= 4 is 39.8 Å². The first-order valence-electron chi connectivity index (χ1n) is 8.77. The van der Waals surface area contributed by atoms with Crippen molar-refractivity contribution in [1.29, 1.82) is 0 Å². The van der Waals surface area contributed by atoms with Gasteiger partial charge in [-0.25, -0.2) is 4.79 Å². The summed E-state index contributed by atoms with van der Waals surface area (Å²) in [7, 11) is 4.48. The van der Waals surface area contributed by atoms with Gasteiger partial charge in [-0.15, -0.1) is 4.68 Å². The SMILES string of the molecule is COc1cc(C=Nn2c(=O)[nH]c3c([nH]c4ccc(Cl)cc43)c2=O)cc(OC)c1OC. The lowest BCUT2D eigenvalue weighted by molar-refractivity contribution is 0.324. The average molecular weight is 429 g/mol. The molecule has 154 valence electrons. The largest absolute Gasteiger partial charge is 0.493 e. The molecule has 2 heterocycles. The van der Waals surface area contributed by atoms with Gasteiger partial charge in [0.2, 0.25) is 5.75 Å². The number of benzene rings is 2. The minimum absolute atomic E-state index is 0.217. The molecular weight excluding hydrogens is 412 g/mol. The van der Waals surface area contributed by atoms with Crippen LogP contribution in [-0.4, -0.2) is 42.2 Å². The van der Waals surface area contributed by atoms with Crippen molar-refractivity contribution in [1.82, 2.24) is 14.6 Å². The molecule has 0 saturated heterocycles. The molecule has 0 unspecified atom stereocenters. The Morgan fingerprint density at radius 3 is 2.30 bits per heavy atom. The van der Waals surface area contributed by atoms with Gasteiger partial charge < -0.3 is 24.2 Å². The monoisotopic (exact) mass is 428 g/mol. The van der Waals surface area contributed by atoms with Crippen molar-refractivity contribution in [2.75, 3.05) is 21.3 Å². The van der Waals surface area contributed by atoms with Crippen LogP contribution in [0.2, 0.25) is 5.02 Å². The summed E-state index contributed by atoms with van der Waals surface area (Å²) in [5.74, 6) is 1.26. The molecule has 0 saturated carbocycles. The van der Waals surface area contributed by atoms with Crippen LogP contribution >= 0.6 is 11.6 Å². The number of H-pyrrole nitrogens is 2. The second kappa shape index (κ2) is 7.60. The molecule has 9 nitrogen and oxygen atoms in total. The van der Waals surface area contributed by atoms with Gasteiger partial charge in [0.15, 0.2) is 11.5 Å². The molecule has 0 spiro atoms. The number of nitrogens with one attached hydrogen (secondary N) is 2. The topological polar surface area (TPSA) is 111 Å². The average Bonchev–Trinajstić information content (AvgIpc) is 3.10. The van der Waals surface area contributed by atoms with Gasteiger partial charge in [-0.3, -0.25) is 4.79 Å². The van der Waals surface area contributed by atoms with Gasteiger partial charge in [-0.2, -0.15) is 5.10 Å². The molecule has 2 N–H and O–H groups in total. The van der Waals surface area contributed by atoms with Gasteiger partial charge >= 0.3 is 11.2 Å². The Kier molecular flexibility index (Phi) is 4.96. The van der Waals surface area contributed by atoms with Crippen LogP contribution in [0.15, 0.2) is 45.0 Å². The third-order valence-electron chi connectivity index (χ3n) is 4.60. The summed E-state index contributed by atoms with van der Waals surface area (Å²) >= 11 is 6.03. The molecule has 0 radical (unpaired) electrons. The number of fused-ring (bicyclic) bond motifs is 3. The maximum Gasteiger partial charge on any atom is 0.350 e. The van der Waals surface area contributed by atoms with E-state index in [4.69, 9.17) is 25.8 Å². The highest BCUT2D eigenvalue weighted by Crippen LogP contribution is 2.37. The van der Waals surface area contributed by atoms with Crippen LogP contribution in [0.4, 0.5) is 0 Å². The maximum absolute atomic E-state index is 12.9. The van der Waals surface area contributed by atoms with E-state index in [1.165, 1.54) is 27.5 Å². The van der Waals surface area contributed by atoms with Crippen molar-refractivity contribution in [3.63, 3.8) is 0 Å². The molecule has 2 aromatic heterocycles. The number of hydrogen-bond acceptors (Lipinski definition) is 6. The highest BCUT2D eigenvalue weighted by molar-refractivity contribution is 6.31. The van der Waals surface area contributed by atoms with Crippen LogP contribution in [0.1, 0.15) is 5.56 Å². The third kappa shape index (κ3) is 3.18.